The van der Waals surface area contributed by atoms with Crippen molar-refractivity contribution in [3.63, 3.8) is 0 Å². The second-order valence-corrected chi connectivity index (χ2v) is 4.77. The van der Waals surface area contributed by atoms with Crippen LogP contribution in [-0.4, -0.2) is 45.5 Å². The van der Waals surface area contributed by atoms with Gasteiger partial charge in [0.05, 0.1) is 12.1 Å². The summed E-state index contributed by atoms with van der Waals surface area (Å²) in [6.45, 7) is 3.01. The molecule has 6 heteroatoms. The molecule has 1 aromatic heterocycles. The van der Waals surface area contributed by atoms with E-state index < -0.39 is 12.0 Å². The van der Waals surface area contributed by atoms with E-state index in [-0.39, 0.29) is 18.4 Å². The van der Waals surface area contributed by atoms with Crippen molar-refractivity contribution in [1.29, 1.82) is 0 Å². The lowest BCUT2D eigenvalue weighted by Gasteiger charge is -2.37. The fraction of sp³-hybridized carbons (Fsp3) is 0.462. The topological polar surface area (TPSA) is 82.5 Å². The highest BCUT2D eigenvalue weighted by Crippen LogP contribution is 2.15. The number of nitrogens with one attached hydrogen (secondary N) is 1. The Labute approximate surface area is 111 Å². The lowest BCUT2D eigenvalue weighted by molar-refractivity contribution is -0.144. The summed E-state index contributed by atoms with van der Waals surface area (Å²) in [7, 11) is 0. The third kappa shape index (κ3) is 3.51. The van der Waals surface area contributed by atoms with Crippen LogP contribution in [-0.2, 0) is 16.1 Å². The van der Waals surface area contributed by atoms with E-state index in [0.29, 0.717) is 13.1 Å². The van der Waals surface area contributed by atoms with Gasteiger partial charge in [0.2, 0.25) is 5.91 Å². The molecule has 1 aliphatic rings. The lowest BCUT2D eigenvalue weighted by Crippen LogP contribution is -2.59. The SMILES string of the molecule is CC1CN(Cc2ccccn2)C(CC(=O)O)C(=O)N1. The van der Waals surface area contributed by atoms with Crippen molar-refractivity contribution >= 4 is 11.9 Å². The highest BCUT2D eigenvalue weighted by Gasteiger charge is 2.34. The molecule has 2 unspecified atom stereocenters. The third-order valence-electron chi connectivity index (χ3n) is 3.10. The third-order valence-corrected chi connectivity index (χ3v) is 3.10. The van der Waals surface area contributed by atoms with Gasteiger partial charge in [0.1, 0.15) is 6.04 Å². The van der Waals surface area contributed by atoms with Gasteiger partial charge in [-0.3, -0.25) is 19.5 Å². The first-order valence-corrected chi connectivity index (χ1v) is 6.22. The van der Waals surface area contributed by atoms with E-state index in [1.54, 1.807) is 6.20 Å². The van der Waals surface area contributed by atoms with Crippen LogP contribution in [0.1, 0.15) is 19.0 Å². The van der Waals surface area contributed by atoms with E-state index in [4.69, 9.17) is 5.11 Å². The van der Waals surface area contributed by atoms with Gasteiger partial charge in [0, 0.05) is 25.3 Å². The molecular formula is C13H17N3O3. The molecule has 1 saturated heterocycles. The number of aromatic nitrogens is 1. The molecule has 1 aliphatic heterocycles. The number of nitrogens with zero attached hydrogens (tertiary/aromatic N) is 2. The van der Waals surface area contributed by atoms with Gasteiger partial charge in [-0.05, 0) is 19.1 Å². The Morgan fingerprint density at radius 2 is 2.37 bits per heavy atom. The summed E-state index contributed by atoms with van der Waals surface area (Å²) < 4.78 is 0. The smallest absolute Gasteiger partial charge is 0.305 e. The summed E-state index contributed by atoms with van der Waals surface area (Å²) in [5, 5.41) is 11.7. The fourth-order valence-electron chi connectivity index (χ4n) is 2.29. The fourth-order valence-corrected chi connectivity index (χ4v) is 2.29. The minimum absolute atomic E-state index is 0.0151. The standard InChI is InChI=1S/C13H17N3O3/c1-9-7-16(8-10-4-2-3-5-14-10)11(6-12(17)18)13(19)15-9/h2-5,9,11H,6-8H2,1H3,(H,15,19)(H,17,18). The lowest BCUT2D eigenvalue weighted by atomic mass is 10.1. The number of pyridine rings is 1. The van der Waals surface area contributed by atoms with Crippen molar-refractivity contribution in [2.45, 2.75) is 32.0 Å². The molecule has 1 aromatic rings. The summed E-state index contributed by atoms with van der Waals surface area (Å²) in [6.07, 6.45) is 1.50. The minimum atomic E-state index is -0.972. The highest BCUT2D eigenvalue weighted by molar-refractivity contribution is 5.87. The number of carbonyl (C=O) groups is 2. The number of carbonyl (C=O) groups excluding carboxylic acids is 1. The second-order valence-electron chi connectivity index (χ2n) is 4.77. The Hall–Kier alpha value is -1.95. The number of hydrogen-bond acceptors (Lipinski definition) is 4. The quantitative estimate of drug-likeness (QED) is 0.813. The van der Waals surface area contributed by atoms with E-state index >= 15 is 0 Å². The molecule has 2 N–H and O–H groups in total. The molecule has 2 heterocycles. The van der Waals surface area contributed by atoms with Crippen molar-refractivity contribution < 1.29 is 14.7 Å². The summed E-state index contributed by atoms with van der Waals surface area (Å²) in [4.78, 5) is 28.9. The number of carboxylic acids is 1. The molecule has 2 atom stereocenters. The van der Waals surface area contributed by atoms with Crippen LogP contribution in [0.5, 0.6) is 0 Å². The molecule has 0 aromatic carbocycles. The minimum Gasteiger partial charge on any atom is -0.481 e. The summed E-state index contributed by atoms with van der Waals surface area (Å²) in [6, 6.07) is 4.96. The molecule has 0 aliphatic carbocycles. The van der Waals surface area contributed by atoms with Gasteiger partial charge in [-0.25, -0.2) is 0 Å². The molecule has 19 heavy (non-hydrogen) atoms. The maximum Gasteiger partial charge on any atom is 0.305 e. The van der Waals surface area contributed by atoms with Crippen LogP contribution in [0.4, 0.5) is 0 Å². The van der Waals surface area contributed by atoms with E-state index in [1.807, 2.05) is 30.0 Å². The van der Waals surface area contributed by atoms with Crippen LogP contribution in [0.3, 0.4) is 0 Å². The Kier molecular flexibility index (Phi) is 4.11. The second kappa shape index (κ2) is 5.79. The molecule has 2 rings (SSSR count). The van der Waals surface area contributed by atoms with Crippen LogP contribution in [0.2, 0.25) is 0 Å². The predicted octanol–water partition coefficient (Wildman–Crippen LogP) is 0.245. The number of hydrogen-bond donors (Lipinski definition) is 2. The van der Waals surface area contributed by atoms with Crippen molar-refractivity contribution in [3.05, 3.63) is 30.1 Å². The molecule has 0 saturated carbocycles. The van der Waals surface area contributed by atoms with Gasteiger partial charge in [-0.2, -0.15) is 0 Å². The van der Waals surface area contributed by atoms with Gasteiger partial charge in [0.25, 0.3) is 0 Å². The van der Waals surface area contributed by atoms with Gasteiger partial charge < -0.3 is 10.4 Å². The maximum absolute atomic E-state index is 11.9. The van der Waals surface area contributed by atoms with Crippen molar-refractivity contribution in [2.75, 3.05) is 6.54 Å². The number of rotatable bonds is 4. The maximum atomic E-state index is 11.9. The average molecular weight is 263 g/mol. The largest absolute Gasteiger partial charge is 0.481 e. The molecule has 102 valence electrons. The van der Waals surface area contributed by atoms with Crippen LogP contribution < -0.4 is 5.32 Å². The predicted molar refractivity (Wildman–Crippen MR) is 68.3 cm³/mol. The van der Waals surface area contributed by atoms with Gasteiger partial charge in [0.15, 0.2) is 0 Å². The van der Waals surface area contributed by atoms with E-state index in [0.717, 1.165) is 5.69 Å². The number of amides is 1. The zero-order chi connectivity index (χ0) is 13.8. The molecule has 6 nitrogen and oxygen atoms in total. The van der Waals surface area contributed by atoms with Crippen LogP contribution in [0.15, 0.2) is 24.4 Å². The zero-order valence-corrected chi connectivity index (χ0v) is 10.7. The molecular weight excluding hydrogens is 246 g/mol. The normalized spacial score (nSPS) is 23.9. The van der Waals surface area contributed by atoms with Crippen molar-refractivity contribution in [2.24, 2.45) is 0 Å². The van der Waals surface area contributed by atoms with Gasteiger partial charge >= 0.3 is 5.97 Å². The molecule has 1 fully saturated rings. The Morgan fingerprint density at radius 3 is 3.00 bits per heavy atom. The first-order valence-electron chi connectivity index (χ1n) is 6.22. The molecule has 0 spiro atoms. The van der Waals surface area contributed by atoms with E-state index in [9.17, 15) is 9.59 Å². The van der Waals surface area contributed by atoms with E-state index in [1.165, 1.54) is 0 Å². The van der Waals surface area contributed by atoms with Crippen molar-refractivity contribution in [1.82, 2.24) is 15.2 Å². The Balaban J connectivity index is 2.13. The van der Waals surface area contributed by atoms with Crippen molar-refractivity contribution in [3.8, 4) is 0 Å². The molecule has 0 bridgehead atoms. The van der Waals surface area contributed by atoms with E-state index in [2.05, 4.69) is 10.3 Å². The van der Waals surface area contributed by atoms with Crippen LogP contribution in [0.25, 0.3) is 0 Å². The highest BCUT2D eigenvalue weighted by atomic mass is 16.4. The van der Waals surface area contributed by atoms with Crippen LogP contribution >= 0.6 is 0 Å². The number of aliphatic carboxylic acids is 1. The first-order chi connectivity index (χ1) is 9.06. The molecule has 1 amide bonds. The van der Waals surface area contributed by atoms with Crippen LogP contribution in [0, 0.1) is 0 Å². The molecule has 0 radical (unpaired) electrons. The van der Waals surface area contributed by atoms with Gasteiger partial charge in [-0.1, -0.05) is 6.07 Å². The zero-order valence-electron chi connectivity index (χ0n) is 10.7. The Morgan fingerprint density at radius 1 is 1.58 bits per heavy atom. The summed E-state index contributed by atoms with van der Waals surface area (Å²) in [5.74, 6) is -1.20. The van der Waals surface area contributed by atoms with Gasteiger partial charge in [-0.15, -0.1) is 0 Å². The number of carboxylic acid groups (broad SMARTS) is 1. The summed E-state index contributed by atoms with van der Waals surface area (Å²) in [5.41, 5.74) is 0.833. The first kappa shape index (κ1) is 13.5. The number of piperazine rings is 1. The average Bonchev–Trinajstić information content (AvgIpc) is 2.34. The Bertz CT molecular complexity index is 463. The monoisotopic (exact) mass is 263 g/mol. The summed E-state index contributed by atoms with van der Waals surface area (Å²) >= 11 is 0.